The quantitative estimate of drug-likeness (QED) is 0.700. The molecule has 0 fully saturated rings. The van der Waals surface area contributed by atoms with Crippen LogP contribution in [0.3, 0.4) is 0 Å². The van der Waals surface area contributed by atoms with Crippen molar-refractivity contribution in [3.8, 4) is 5.88 Å². The van der Waals surface area contributed by atoms with Gasteiger partial charge in [-0.2, -0.15) is 5.10 Å². The fourth-order valence-corrected chi connectivity index (χ4v) is 0.890. The van der Waals surface area contributed by atoms with Crippen LogP contribution in [0.1, 0.15) is 19.5 Å². The molecule has 0 aliphatic carbocycles. The van der Waals surface area contributed by atoms with E-state index in [4.69, 9.17) is 16.3 Å². The summed E-state index contributed by atoms with van der Waals surface area (Å²) in [5.41, 5.74) is 0.763. The summed E-state index contributed by atoms with van der Waals surface area (Å²) in [5, 5.41) is 7.73. The van der Waals surface area contributed by atoms with Crippen molar-refractivity contribution in [2.24, 2.45) is 5.92 Å². The van der Waals surface area contributed by atoms with Crippen LogP contribution >= 0.6 is 11.6 Å². The molecule has 3 nitrogen and oxygen atoms in total. The molecule has 0 N–H and O–H groups in total. The van der Waals surface area contributed by atoms with E-state index in [9.17, 15) is 0 Å². The number of halogens is 1. The average Bonchev–Trinajstić information content (AvgIpc) is 2.15. The first-order valence-corrected chi connectivity index (χ1v) is 4.77. The maximum absolute atomic E-state index is 5.56. The summed E-state index contributed by atoms with van der Waals surface area (Å²) in [7, 11) is 0. The Balaban J connectivity index is 2.49. The summed E-state index contributed by atoms with van der Waals surface area (Å²) in [6.45, 7) is 4.83. The molecule has 72 valence electrons. The number of aromatic nitrogens is 2. The van der Waals surface area contributed by atoms with Gasteiger partial charge in [0.2, 0.25) is 5.88 Å². The van der Waals surface area contributed by atoms with Crippen LogP contribution in [-0.4, -0.2) is 16.8 Å². The van der Waals surface area contributed by atoms with Gasteiger partial charge in [-0.25, -0.2) is 0 Å². The highest BCUT2D eigenvalue weighted by atomic mass is 35.5. The Morgan fingerprint density at radius 3 is 2.62 bits per heavy atom. The lowest BCUT2D eigenvalue weighted by molar-refractivity contribution is 0.258. The van der Waals surface area contributed by atoms with Crippen molar-refractivity contribution in [1.29, 1.82) is 0 Å². The van der Waals surface area contributed by atoms with Crippen molar-refractivity contribution in [1.82, 2.24) is 10.2 Å². The van der Waals surface area contributed by atoms with Gasteiger partial charge in [0.15, 0.2) is 0 Å². The molecule has 1 heterocycles. The van der Waals surface area contributed by atoms with E-state index in [0.29, 0.717) is 24.3 Å². The van der Waals surface area contributed by atoms with Gasteiger partial charge >= 0.3 is 0 Å². The predicted octanol–water partition coefficient (Wildman–Crippen LogP) is 2.25. The van der Waals surface area contributed by atoms with E-state index >= 15 is 0 Å². The van der Waals surface area contributed by atoms with E-state index in [-0.39, 0.29) is 0 Å². The molecule has 1 aromatic heterocycles. The second-order valence-corrected chi connectivity index (χ2v) is 3.47. The zero-order chi connectivity index (χ0) is 9.68. The predicted molar refractivity (Wildman–Crippen MR) is 51.9 cm³/mol. The fraction of sp³-hybridized carbons (Fsp3) is 0.556. The molecule has 0 saturated heterocycles. The summed E-state index contributed by atoms with van der Waals surface area (Å²) < 4.78 is 5.35. The first-order chi connectivity index (χ1) is 6.22. The maximum atomic E-state index is 5.56. The highest BCUT2D eigenvalue weighted by molar-refractivity contribution is 6.16. The number of nitrogens with zero attached hydrogens (tertiary/aromatic N) is 2. The summed E-state index contributed by atoms with van der Waals surface area (Å²) in [4.78, 5) is 0. The Labute approximate surface area is 83.1 Å². The Morgan fingerprint density at radius 1 is 1.38 bits per heavy atom. The number of alkyl halides is 1. The second-order valence-electron chi connectivity index (χ2n) is 3.20. The summed E-state index contributed by atoms with van der Waals surface area (Å²) in [5.74, 6) is 1.44. The first-order valence-electron chi connectivity index (χ1n) is 4.23. The maximum Gasteiger partial charge on any atom is 0.233 e. The zero-order valence-corrected chi connectivity index (χ0v) is 8.58. The molecule has 0 aliphatic rings. The molecule has 1 rings (SSSR count). The lowest BCUT2D eigenvalue weighted by atomic mass is 10.2. The number of hydrogen-bond acceptors (Lipinski definition) is 3. The molecule has 1 aromatic rings. The van der Waals surface area contributed by atoms with Crippen molar-refractivity contribution >= 4 is 11.6 Å². The van der Waals surface area contributed by atoms with Gasteiger partial charge in [0.1, 0.15) is 0 Å². The molecular weight excluding hydrogens is 188 g/mol. The molecule has 0 aromatic carbocycles. The Kier molecular flexibility index (Phi) is 3.96. The van der Waals surface area contributed by atoms with Crippen LogP contribution in [0.2, 0.25) is 0 Å². The highest BCUT2D eigenvalue weighted by Crippen LogP contribution is 2.07. The van der Waals surface area contributed by atoms with E-state index in [1.54, 1.807) is 6.07 Å². The molecule has 0 amide bonds. The third kappa shape index (κ3) is 3.59. The minimum Gasteiger partial charge on any atom is -0.476 e. The van der Waals surface area contributed by atoms with E-state index in [1.165, 1.54) is 0 Å². The molecular formula is C9H13ClN2O. The lowest BCUT2D eigenvalue weighted by Gasteiger charge is -2.06. The molecule has 13 heavy (non-hydrogen) atoms. The number of ether oxygens (including phenoxy) is 1. The standard InChI is InChI=1S/C9H13ClN2O/c1-7(2)6-13-9-4-3-8(5-10)11-12-9/h3-4,7H,5-6H2,1-2H3. The Hall–Kier alpha value is -0.830. The van der Waals surface area contributed by atoms with Crippen LogP contribution < -0.4 is 4.74 Å². The van der Waals surface area contributed by atoms with Gasteiger partial charge in [-0.05, 0) is 12.0 Å². The van der Waals surface area contributed by atoms with Gasteiger partial charge in [0.25, 0.3) is 0 Å². The third-order valence-electron chi connectivity index (χ3n) is 1.40. The number of rotatable bonds is 4. The number of hydrogen-bond donors (Lipinski definition) is 0. The fourth-order valence-electron chi connectivity index (χ4n) is 0.748. The van der Waals surface area contributed by atoms with E-state index in [2.05, 4.69) is 24.0 Å². The molecule has 0 radical (unpaired) electrons. The topological polar surface area (TPSA) is 35.0 Å². The Bertz CT molecular complexity index is 248. The zero-order valence-electron chi connectivity index (χ0n) is 7.83. The van der Waals surface area contributed by atoms with Gasteiger partial charge in [0, 0.05) is 6.07 Å². The van der Waals surface area contributed by atoms with E-state index in [1.807, 2.05) is 6.07 Å². The van der Waals surface area contributed by atoms with E-state index < -0.39 is 0 Å². The molecule has 0 saturated carbocycles. The van der Waals surface area contributed by atoms with Crippen molar-refractivity contribution in [3.63, 3.8) is 0 Å². The average molecular weight is 201 g/mol. The van der Waals surface area contributed by atoms with Gasteiger partial charge in [0.05, 0.1) is 18.2 Å². The van der Waals surface area contributed by atoms with Crippen molar-refractivity contribution in [2.45, 2.75) is 19.7 Å². The van der Waals surface area contributed by atoms with E-state index in [0.717, 1.165) is 5.69 Å². The summed E-state index contributed by atoms with van der Waals surface area (Å²) in [6.07, 6.45) is 0. The summed E-state index contributed by atoms with van der Waals surface area (Å²) in [6, 6.07) is 3.60. The monoisotopic (exact) mass is 200 g/mol. The molecule has 0 unspecified atom stereocenters. The van der Waals surface area contributed by atoms with Crippen LogP contribution in [-0.2, 0) is 5.88 Å². The van der Waals surface area contributed by atoms with Crippen molar-refractivity contribution < 1.29 is 4.74 Å². The minimum atomic E-state index is 0.386. The molecule has 4 heteroatoms. The Morgan fingerprint density at radius 2 is 2.15 bits per heavy atom. The van der Waals surface area contributed by atoms with Crippen LogP contribution in [0.5, 0.6) is 5.88 Å². The van der Waals surface area contributed by atoms with Gasteiger partial charge in [-0.3, -0.25) is 0 Å². The van der Waals surface area contributed by atoms with Gasteiger partial charge < -0.3 is 4.74 Å². The molecule has 0 atom stereocenters. The minimum absolute atomic E-state index is 0.386. The first kappa shape index (κ1) is 10.3. The molecule has 0 bridgehead atoms. The van der Waals surface area contributed by atoms with Crippen molar-refractivity contribution in [2.75, 3.05) is 6.61 Å². The summed E-state index contributed by atoms with van der Waals surface area (Å²) >= 11 is 5.56. The van der Waals surface area contributed by atoms with Gasteiger partial charge in [-0.1, -0.05) is 13.8 Å². The van der Waals surface area contributed by atoms with Crippen LogP contribution in [0.25, 0.3) is 0 Å². The smallest absolute Gasteiger partial charge is 0.233 e. The second kappa shape index (κ2) is 5.02. The normalized spacial score (nSPS) is 10.5. The lowest BCUT2D eigenvalue weighted by Crippen LogP contribution is -2.06. The highest BCUT2D eigenvalue weighted by Gasteiger charge is 1.99. The third-order valence-corrected chi connectivity index (χ3v) is 1.67. The largest absolute Gasteiger partial charge is 0.476 e. The SMILES string of the molecule is CC(C)COc1ccc(CCl)nn1. The van der Waals surface area contributed by atoms with Crippen LogP contribution in [0, 0.1) is 5.92 Å². The van der Waals surface area contributed by atoms with Crippen molar-refractivity contribution in [3.05, 3.63) is 17.8 Å². The van der Waals surface area contributed by atoms with Crippen LogP contribution in [0.4, 0.5) is 0 Å². The van der Waals surface area contributed by atoms with Gasteiger partial charge in [-0.15, -0.1) is 16.7 Å². The molecule has 0 aliphatic heterocycles. The molecule has 0 spiro atoms. The van der Waals surface area contributed by atoms with Crippen LogP contribution in [0.15, 0.2) is 12.1 Å².